The quantitative estimate of drug-likeness (QED) is 0.597. The van der Waals surface area contributed by atoms with Crippen molar-refractivity contribution in [3.63, 3.8) is 0 Å². The molecule has 0 aliphatic carbocycles. The standard InChI is InChI=1S/C18H14BrNO3/c1-2-22-16-6-4-3-5-13(16)11-15-17(20-23-18(15)21)12-7-9-14(19)10-8-12/h3-11H,2H2,1H3/b15-11+. The Bertz CT molecular complexity index is 794. The van der Waals surface area contributed by atoms with Crippen molar-refractivity contribution in [2.24, 2.45) is 5.16 Å². The molecule has 1 aliphatic heterocycles. The predicted molar refractivity (Wildman–Crippen MR) is 92.4 cm³/mol. The van der Waals surface area contributed by atoms with Gasteiger partial charge in [-0.25, -0.2) is 4.79 Å². The third-order valence-electron chi connectivity index (χ3n) is 3.33. The number of nitrogens with zero attached hydrogens (tertiary/aromatic N) is 1. The molecule has 0 atom stereocenters. The zero-order chi connectivity index (χ0) is 16.2. The van der Waals surface area contributed by atoms with Crippen molar-refractivity contribution in [1.29, 1.82) is 0 Å². The second kappa shape index (κ2) is 6.79. The summed E-state index contributed by atoms with van der Waals surface area (Å²) in [4.78, 5) is 16.9. The minimum Gasteiger partial charge on any atom is -0.493 e. The minimum absolute atomic E-state index is 0.416. The lowest BCUT2D eigenvalue weighted by molar-refractivity contribution is -0.136. The average Bonchev–Trinajstić information content (AvgIpc) is 2.91. The monoisotopic (exact) mass is 371 g/mol. The second-order valence-corrected chi connectivity index (χ2v) is 5.77. The lowest BCUT2D eigenvalue weighted by atomic mass is 10.0. The van der Waals surface area contributed by atoms with E-state index in [-0.39, 0.29) is 0 Å². The van der Waals surface area contributed by atoms with Gasteiger partial charge in [0, 0.05) is 15.6 Å². The number of rotatable bonds is 4. The Labute approximate surface area is 142 Å². The lowest BCUT2D eigenvalue weighted by Gasteiger charge is -2.07. The van der Waals surface area contributed by atoms with Gasteiger partial charge in [0.2, 0.25) is 0 Å². The van der Waals surface area contributed by atoms with Gasteiger partial charge in [-0.1, -0.05) is 51.4 Å². The van der Waals surface area contributed by atoms with Crippen molar-refractivity contribution in [3.05, 3.63) is 69.7 Å². The highest BCUT2D eigenvalue weighted by molar-refractivity contribution is 9.10. The molecule has 0 radical (unpaired) electrons. The van der Waals surface area contributed by atoms with Crippen LogP contribution in [0, 0.1) is 0 Å². The normalized spacial score (nSPS) is 15.5. The first-order valence-electron chi connectivity index (χ1n) is 7.18. The highest BCUT2D eigenvalue weighted by Crippen LogP contribution is 2.26. The van der Waals surface area contributed by atoms with E-state index < -0.39 is 5.97 Å². The number of oxime groups is 1. The fraction of sp³-hybridized carbons (Fsp3) is 0.111. The molecular weight excluding hydrogens is 358 g/mol. The minimum atomic E-state index is -0.464. The van der Waals surface area contributed by atoms with Gasteiger partial charge in [0.05, 0.1) is 12.2 Å². The number of hydrogen-bond acceptors (Lipinski definition) is 4. The molecule has 1 heterocycles. The van der Waals surface area contributed by atoms with E-state index in [2.05, 4.69) is 21.1 Å². The van der Waals surface area contributed by atoms with E-state index in [4.69, 9.17) is 9.57 Å². The number of carbonyl (C=O) groups is 1. The molecule has 0 unspecified atom stereocenters. The Morgan fingerprint density at radius 1 is 1.17 bits per heavy atom. The summed E-state index contributed by atoms with van der Waals surface area (Å²) in [7, 11) is 0. The topological polar surface area (TPSA) is 47.9 Å². The molecule has 0 spiro atoms. The third-order valence-corrected chi connectivity index (χ3v) is 3.86. The summed E-state index contributed by atoms with van der Waals surface area (Å²) in [5.41, 5.74) is 2.57. The average molecular weight is 372 g/mol. The Balaban J connectivity index is 2.01. The molecule has 116 valence electrons. The van der Waals surface area contributed by atoms with Crippen LogP contribution in [0.5, 0.6) is 5.75 Å². The van der Waals surface area contributed by atoms with Gasteiger partial charge < -0.3 is 9.57 Å². The van der Waals surface area contributed by atoms with E-state index in [1.54, 1.807) is 6.08 Å². The molecule has 5 heteroatoms. The van der Waals surface area contributed by atoms with E-state index in [9.17, 15) is 4.79 Å². The van der Waals surface area contributed by atoms with Crippen LogP contribution < -0.4 is 4.74 Å². The van der Waals surface area contributed by atoms with E-state index in [0.29, 0.717) is 17.9 Å². The second-order valence-electron chi connectivity index (χ2n) is 4.85. The largest absolute Gasteiger partial charge is 0.493 e. The number of ether oxygens (including phenoxy) is 1. The summed E-state index contributed by atoms with van der Waals surface area (Å²) in [6.45, 7) is 2.47. The van der Waals surface area contributed by atoms with Crippen LogP contribution in [0.25, 0.3) is 6.08 Å². The van der Waals surface area contributed by atoms with E-state index in [1.807, 2.05) is 55.5 Å². The first-order valence-corrected chi connectivity index (χ1v) is 7.97. The number of carbonyl (C=O) groups excluding carboxylic acids is 1. The van der Waals surface area contributed by atoms with Crippen molar-refractivity contribution in [2.75, 3.05) is 6.61 Å². The van der Waals surface area contributed by atoms with Crippen LogP contribution >= 0.6 is 15.9 Å². The van der Waals surface area contributed by atoms with Crippen LogP contribution in [0.15, 0.2) is 63.7 Å². The van der Waals surface area contributed by atoms with Gasteiger partial charge in [-0.2, -0.15) is 0 Å². The maximum absolute atomic E-state index is 12.0. The fourth-order valence-electron chi connectivity index (χ4n) is 2.27. The first-order chi connectivity index (χ1) is 11.2. The molecule has 0 N–H and O–H groups in total. The highest BCUT2D eigenvalue weighted by atomic mass is 79.9. The summed E-state index contributed by atoms with van der Waals surface area (Å²) >= 11 is 3.39. The third kappa shape index (κ3) is 3.35. The molecule has 1 aliphatic rings. The Morgan fingerprint density at radius 3 is 2.65 bits per heavy atom. The molecular formula is C18H14BrNO3. The van der Waals surface area contributed by atoms with Crippen LogP contribution in [-0.2, 0) is 9.63 Å². The van der Waals surface area contributed by atoms with Crippen LogP contribution in [0.4, 0.5) is 0 Å². The van der Waals surface area contributed by atoms with Crippen molar-refractivity contribution in [2.45, 2.75) is 6.92 Å². The van der Waals surface area contributed by atoms with Gasteiger partial charge in [-0.15, -0.1) is 0 Å². The molecule has 23 heavy (non-hydrogen) atoms. The van der Waals surface area contributed by atoms with Crippen molar-refractivity contribution in [1.82, 2.24) is 0 Å². The van der Waals surface area contributed by atoms with Gasteiger partial charge >= 0.3 is 5.97 Å². The van der Waals surface area contributed by atoms with Gasteiger partial charge in [0.15, 0.2) is 0 Å². The van der Waals surface area contributed by atoms with Gasteiger partial charge in [0.1, 0.15) is 11.5 Å². The van der Waals surface area contributed by atoms with Gasteiger partial charge in [-0.3, -0.25) is 0 Å². The van der Waals surface area contributed by atoms with Crippen molar-refractivity contribution >= 4 is 33.7 Å². The van der Waals surface area contributed by atoms with Crippen LogP contribution in [-0.4, -0.2) is 18.3 Å². The van der Waals surface area contributed by atoms with E-state index in [0.717, 1.165) is 21.3 Å². The van der Waals surface area contributed by atoms with E-state index >= 15 is 0 Å². The summed E-state index contributed by atoms with van der Waals surface area (Å²) in [5.74, 6) is 0.256. The fourth-order valence-corrected chi connectivity index (χ4v) is 2.53. The molecule has 0 saturated carbocycles. The summed E-state index contributed by atoms with van der Waals surface area (Å²) in [6.07, 6.45) is 1.75. The molecule has 0 aromatic heterocycles. The highest BCUT2D eigenvalue weighted by Gasteiger charge is 2.27. The molecule has 2 aromatic carbocycles. The number of benzene rings is 2. The first kappa shape index (κ1) is 15.5. The SMILES string of the molecule is CCOc1ccccc1/C=C1/C(=O)ON=C1c1ccc(Br)cc1. The van der Waals surface area contributed by atoms with Gasteiger partial charge in [-0.05, 0) is 31.2 Å². The number of hydrogen-bond donors (Lipinski definition) is 0. The maximum atomic E-state index is 12.0. The van der Waals surface area contributed by atoms with Gasteiger partial charge in [0.25, 0.3) is 0 Å². The molecule has 2 aromatic rings. The zero-order valence-electron chi connectivity index (χ0n) is 12.5. The smallest absolute Gasteiger partial charge is 0.368 e. The van der Waals surface area contributed by atoms with Crippen molar-refractivity contribution in [3.8, 4) is 5.75 Å². The van der Waals surface area contributed by atoms with Crippen molar-refractivity contribution < 1.29 is 14.4 Å². The molecule has 0 bridgehead atoms. The molecule has 0 amide bonds. The zero-order valence-corrected chi connectivity index (χ0v) is 14.0. The molecule has 0 saturated heterocycles. The van der Waals surface area contributed by atoms with Crippen LogP contribution in [0.1, 0.15) is 18.1 Å². The summed E-state index contributed by atoms with van der Waals surface area (Å²) < 4.78 is 6.55. The lowest BCUT2D eigenvalue weighted by Crippen LogP contribution is -2.07. The van der Waals surface area contributed by atoms with E-state index in [1.165, 1.54) is 0 Å². The maximum Gasteiger partial charge on any atom is 0.368 e. The molecule has 0 fully saturated rings. The number of halogens is 1. The Kier molecular flexibility index (Phi) is 4.57. The molecule has 3 rings (SSSR count). The number of para-hydroxylation sites is 1. The van der Waals surface area contributed by atoms with Crippen LogP contribution in [0.3, 0.4) is 0 Å². The summed E-state index contributed by atoms with van der Waals surface area (Å²) in [6, 6.07) is 15.1. The van der Waals surface area contributed by atoms with Crippen LogP contribution in [0.2, 0.25) is 0 Å². The Hall–Kier alpha value is -2.40. The molecule has 4 nitrogen and oxygen atoms in total. The predicted octanol–water partition coefficient (Wildman–Crippen LogP) is 4.19. The summed E-state index contributed by atoms with van der Waals surface area (Å²) in [5, 5.41) is 3.91. The Morgan fingerprint density at radius 2 is 1.91 bits per heavy atom.